The first kappa shape index (κ1) is 58.6. The molecule has 6 heteroatoms. The van der Waals surface area contributed by atoms with E-state index in [-0.39, 0.29) is 31.1 Å². The number of unbranched alkanes of at least 4 members (excludes halogenated alkanes) is 31. The number of carbonyl (C=O) groups is 3. The first-order valence-electron chi connectivity index (χ1n) is 26.5. The maximum Gasteiger partial charge on any atom is 0.306 e. The molecule has 0 spiro atoms. The number of esters is 3. The van der Waals surface area contributed by atoms with Crippen LogP contribution < -0.4 is 0 Å². The van der Waals surface area contributed by atoms with Gasteiger partial charge in [0.25, 0.3) is 0 Å². The molecular formula is C55H100O6. The number of allylic oxidation sites excluding steroid dienone is 6. The smallest absolute Gasteiger partial charge is 0.306 e. The Morgan fingerprint density at radius 1 is 0.328 bits per heavy atom. The summed E-state index contributed by atoms with van der Waals surface area (Å²) >= 11 is 0. The van der Waals surface area contributed by atoms with Gasteiger partial charge in [0.05, 0.1) is 0 Å². The van der Waals surface area contributed by atoms with Crippen molar-refractivity contribution in [2.75, 3.05) is 13.2 Å². The zero-order valence-electron chi connectivity index (χ0n) is 40.7. The van der Waals surface area contributed by atoms with Gasteiger partial charge in [-0.05, 0) is 77.0 Å². The third-order valence-electron chi connectivity index (χ3n) is 11.6. The summed E-state index contributed by atoms with van der Waals surface area (Å²) in [5, 5.41) is 0. The Morgan fingerprint density at radius 3 is 0.951 bits per heavy atom. The average Bonchev–Trinajstić information content (AvgIpc) is 3.26. The van der Waals surface area contributed by atoms with E-state index < -0.39 is 6.10 Å². The van der Waals surface area contributed by atoms with E-state index in [4.69, 9.17) is 14.2 Å². The summed E-state index contributed by atoms with van der Waals surface area (Å²) in [6.45, 7) is 6.61. The summed E-state index contributed by atoms with van der Waals surface area (Å²) in [4.78, 5) is 38.0. The number of ether oxygens (including phenoxy) is 3. The molecule has 0 radical (unpaired) electrons. The van der Waals surface area contributed by atoms with Crippen molar-refractivity contribution in [3.63, 3.8) is 0 Å². The third-order valence-corrected chi connectivity index (χ3v) is 11.6. The first-order chi connectivity index (χ1) is 30.0. The van der Waals surface area contributed by atoms with Gasteiger partial charge in [0.1, 0.15) is 13.2 Å². The molecule has 61 heavy (non-hydrogen) atoms. The van der Waals surface area contributed by atoms with E-state index in [1.54, 1.807) is 0 Å². The van der Waals surface area contributed by atoms with Crippen molar-refractivity contribution in [3.05, 3.63) is 36.5 Å². The van der Waals surface area contributed by atoms with Gasteiger partial charge in [0, 0.05) is 19.3 Å². The highest BCUT2D eigenvalue weighted by atomic mass is 16.6. The molecule has 0 aromatic carbocycles. The Bertz CT molecular complexity index is 1030. The van der Waals surface area contributed by atoms with Crippen LogP contribution in [0.2, 0.25) is 0 Å². The van der Waals surface area contributed by atoms with E-state index in [9.17, 15) is 14.4 Å². The van der Waals surface area contributed by atoms with Crippen molar-refractivity contribution in [2.45, 2.75) is 284 Å². The molecule has 0 fully saturated rings. The SMILES string of the molecule is CCCCCC=CCC=CCCCCCCCC(=O)OC[C@H](COC(=O)CCCCCCCCCCCCCCC)OC(=O)CCCCCCCC=CCCCCCCCC. The maximum absolute atomic E-state index is 12.8. The lowest BCUT2D eigenvalue weighted by molar-refractivity contribution is -0.167. The van der Waals surface area contributed by atoms with Gasteiger partial charge < -0.3 is 14.2 Å². The van der Waals surface area contributed by atoms with Crippen LogP contribution in [0.1, 0.15) is 278 Å². The third kappa shape index (κ3) is 48.5. The van der Waals surface area contributed by atoms with Crippen LogP contribution in [0, 0.1) is 0 Å². The molecule has 0 saturated carbocycles. The predicted molar refractivity (Wildman–Crippen MR) is 261 cm³/mol. The molecular weight excluding hydrogens is 757 g/mol. The lowest BCUT2D eigenvalue weighted by Gasteiger charge is -2.18. The van der Waals surface area contributed by atoms with Crippen LogP contribution in [0.25, 0.3) is 0 Å². The van der Waals surface area contributed by atoms with Crippen molar-refractivity contribution < 1.29 is 28.6 Å². The zero-order chi connectivity index (χ0) is 44.4. The number of rotatable bonds is 48. The fourth-order valence-corrected chi connectivity index (χ4v) is 7.59. The highest BCUT2D eigenvalue weighted by Gasteiger charge is 2.19. The summed E-state index contributed by atoms with van der Waals surface area (Å²) < 4.78 is 16.8. The monoisotopic (exact) mass is 857 g/mol. The van der Waals surface area contributed by atoms with E-state index in [2.05, 4.69) is 57.2 Å². The average molecular weight is 857 g/mol. The molecule has 0 saturated heterocycles. The lowest BCUT2D eigenvalue weighted by Crippen LogP contribution is -2.30. The lowest BCUT2D eigenvalue weighted by atomic mass is 10.0. The second-order valence-electron chi connectivity index (χ2n) is 17.8. The van der Waals surface area contributed by atoms with Crippen molar-refractivity contribution in [1.82, 2.24) is 0 Å². The molecule has 356 valence electrons. The van der Waals surface area contributed by atoms with E-state index in [1.807, 2.05) is 0 Å². The standard InChI is InChI=1S/C55H100O6/c1-4-7-10-13-16-19-22-25-27-30-33-36-39-42-45-48-54(57)60-51-52(50-59-53(56)47-44-41-38-35-32-29-24-21-18-15-12-9-6-3)61-55(58)49-46-43-40-37-34-31-28-26-23-20-17-14-11-8-5-2/h16,19,25-28,52H,4-15,17-18,20-24,29-51H2,1-3H3/t52-/m0/s1. The Labute approximate surface area is 378 Å². The van der Waals surface area contributed by atoms with Crippen LogP contribution in [0.4, 0.5) is 0 Å². The number of hydrogen-bond donors (Lipinski definition) is 0. The van der Waals surface area contributed by atoms with E-state index in [0.29, 0.717) is 19.3 Å². The molecule has 0 unspecified atom stereocenters. The highest BCUT2D eigenvalue weighted by Crippen LogP contribution is 2.15. The van der Waals surface area contributed by atoms with Gasteiger partial charge in [-0.25, -0.2) is 0 Å². The van der Waals surface area contributed by atoms with E-state index >= 15 is 0 Å². The Balaban J connectivity index is 4.39. The Hall–Kier alpha value is -2.37. The first-order valence-corrected chi connectivity index (χ1v) is 26.5. The molecule has 0 heterocycles. The minimum Gasteiger partial charge on any atom is -0.462 e. The Kier molecular flexibility index (Phi) is 48.3. The maximum atomic E-state index is 12.8. The molecule has 0 N–H and O–H groups in total. The molecule has 0 aliphatic carbocycles. The van der Waals surface area contributed by atoms with Gasteiger partial charge >= 0.3 is 17.9 Å². The summed E-state index contributed by atoms with van der Waals surface area (Å²) in [5.41, 5.74) is 0. The van der Waals surface area contributed by atoms with Gasteiger partial charge in [-0.2, -0.15) is 0 Å². The van der Waals surface area contributed by atoms with Crippen molar-refractivity contribution in [3.8, 4) is 0 Å². The quantitative estimate of drug-likeness (QED) is 0.0262. The fraction of sp³-hybridized carbons (Fsp3) is 0.836. The predicted octanol–water partition coefficient (Wildman–Crippen LogP) is 17.3. The second kappa shape index (κ2) is 50.3. The molecule has 0 aromatic heterocycles. The highest BCUT2D eigenvalue weighted by molar-refractivity contribution is 5.71. The van der Waals surface area contributed by atoms with Crippen LogP contribution in [-0.2, 0) is 28.6 Å². The van der Waals surface area contributed by atoms with Crippen LogP contribution in [0.5, 0.6) is 0 Å². The van der Waals surface area contributed by atoms with Crippen LogP contribution in [0.15, 0.2) is 36.5 Å². The summed E-state index contributed by atoms with van der Waals surface area (Å²) in [6, 6.07) is 0. The zero-order valence-corrected chi connectivity index (χ0v) is 40.7. The van der Waals surface area contributed by atoms with Crippen molar-refractivity contribution >= 4 is 17.9 Å². The molecule has 0 rings (SSSR count). The van der Waals surface area contributed by atoms with Gasteiger partial charge in [-0.15, -0.1) is 0 Å². The van der Waals surface area contributed by atoms with E-state index in [1.165, 1.54) is 154 Å². The van der Waals surface area contributed by atoms with Crippen LogP contribution in [0.3, 0.4) is 0 Å². The van der Waals surface area contributed by atoms with Crippen LogP contribution >= 0.6 is 0 Å². The Morgan fingerprint density at radius 2 is 0.590 bits per heavy atom. The van der Waals surface area contributed by atoms with E-state index in [0.717, 1.165) is 83.5 Å². The molecule has 0 amide bonds. The summed E-state index contributed by atoms with van der Waals surface area (Å²) in [7, 11) is 0. The van der Waals surface area contributed by atoms with Gasteiger partial charge in [0.15, 0.2) is 6.10 Å². The van der Waals surface area contributed by atoms with Crippen molar-refractivity contribution in [1.29, 1.82) is 0 Å². The molecule has 0 aliphatic heterocycles. The topological polar surface area (TPSA) is 78.9 Å². The van der Waals surface area contributed by atoms with Crippen molar-refractivity contribution in [2.24, 2.45) is 0 Å². The normalized spacial score (nSPS) is 12.2. The van der Waals surface area contributed by atoms with Gasteiger partial charge in [-0.3, -0.25) is 14.4 Å². The largest absolute Gasteiger partial charge is 0.462 e. The van der Waals surface area contributed by atoms with Crippen LogP contribution in [-0.4, -0.2) is 37.2 Å². The fourth-order valence-electron chi connectivity index (χ4n) is 7.59. The molecule has 6 nitrogen and oxygen atoms in total. The van der Waals surface area contributed by atoms with Gasteiger partial charge in [-0.1, -0.05) is 218 Å². The molecule has 0 bridgehead atoms. The number of hydrogen-bond acceptors (Lipinski definition) is 6. The molecule has 0 aliphatic rings. The summed E-state index contributed by atoms with van der Waals surface area (Å²) in [5.74, 6) is -0.889. The number of carbonyl (C=O) groups excluding carboxylic acids is 3. The minimum atomic E-state index is -0.778. The second-order valence-corrected chi connectivity index (χ2v) is 17.8. The summed E-state index contributed by atoms with van der Waals surface area (Å²) in [6.07, 6.45) is 58.3. The molecule has 0 aromatic rings. The minimum absolute atomic E-state index is 0.0770. The molecule has 1 atom stereocenters. The van der Waals surface area contributed by atoms with Gasteiger partial charge in [0.2, 0.25) is 0 Å².